The van der Waals surface area contributed by atoms with Crippen molar-refractivity contribution in [3.63, 3.8) is 0 Å². The predicted octanol–water partition coefficient (Wildman–Crippen LogP) is 2.43. The number of aryl methyl sites for hydroxylation is 1. The lowest BCUT2D eigenvalue weighted by Crippen LogP contribution is -2.01. The zero-order chi connectivity index (χ0) is 10.8. The highest BCUT2D eigenvalue weighted by Crippen LogP contribution is 2.34. The van der Waals surface area contributed by atoms with E-state index in [-0.39, 0.29) is 12.5 Å². The molecule has 2 rings (SSSR count). The van der Waals surface area contributed by atoms with Gasteiger partial charge in [0.25, 0.3) is 0 Å². The Balaban J connectivity index is 2.11. The van der Waals surface area contributed by atoms with Crippen LogP contribution in [0, 0.1) is 6.92 Å². The first-order valence-electron chi connectivity index (χ1n) is 5.09. The Morgan fingerprint density at radius 3 is 3.13 bits per heavy atom. The SMILES string of the molecule is Cc1ccc2c(c1)COC2CCC(=O)O. The van der Waals surface area contributed by atoms with Crippen molar-refractivity contribution < 1.29 is 14.6 Å². The quantitative estimate of drug-likeness (QED) is 0.826. The molecular weight excluding hydrogens is 192 g/mol. The summed E-state index contributed by atoms with van der Waals surface area (Å²) in [5, 5.41) is 8.61. The van der Waals surface area contributed by atoms with Gasteiger partial charge in [0, 0.05) is 6.42 Å². The molecule has 0 bridgehead atoms. The van der Waals surface area contributed by atoms with Gasteiger partial charge < -0.3 is 9.84 Å². The highest BCUT2D eigenvalue weighted by atomic mass is 16.5. The number of fused-ring (bicyclic) bond motifs is 1. The second kappa shape index (κ2) is 4.03. The molecule has 1 heterocycles. The molecule has 3 heteroatoms. The second-order valence-corrected chi connectivity index (χ2v) is 3.93. The van der Waals surface area contributed by atoms with E-state index in [4.69, 9.17) is 9.84 Å². The number of ether oxygens (including phenoxy) is 1. The minimum atomic E-state index is -0.765. The second-order valence-electron chi connectivity index (χ2n) is 3.93. The first kappa shape index (κ1) is 10.2. The maximum absolute atomic E-state index is 10.5. The molecule has 0 fully saturated rings. The summed E-state index contributed by atoms with van der Waals surface area (Å²) in [7, 11) is 0. The van der Waals surface area contributed by atoms with Crippen LogP contribution in [0.2, 0.25) is 0 Å². The van der Waals surface area contributed by atoms with Gasteiger partial charge in [0.2, 0.25) is 0 Å². The summed E-state index contributed by atoms with van der Waals surface area (Å²) in [6.07, 6.45) is 0.695. The van der Waals surface area contributed by atoms with E-state index in [2.05, 4.69) is 6.07 Å². The van der Waals surface area contributed by atoms with E-state index in [1.54, 1.807) is 0 Å². The van der Waals surface area contributed by atoms with Gasteiger partial charge in [-0.25, -0.2) is 0 Å². The van der Waals surface area contributed by atoms with E-state index in [9.17, 15) is 4.79 Å². The predicted molar refractivity (Wildman–Crippen MR) is 55.6 cm³/mol. The van der Waals surface area contributed by atoms with E-state index in [1.165, 1.54) is 11.1 Å². The zero-order valence-corrected chi connectivity index (χ0v) is 8.69. The van der Waals surface area contributed by atoms with Gasteiger partial charge in [-0.1, -0.05) is 23.8 Å². The lowest BCUT2D eigenvalue weighted by Gasteiger charge is -2.09. The summed E-state index contributed by atoms with van der Waals surface area (Å²) < 4.78 is 5.57. The number of hydrogen-bond donors (Lipinski definition) is 1. The van der Waals surface area contributed by atoms with Crippen LogP contribution in [-0.4, -0.2) is 11.1 Å². The third-order valence-electron chi connectivity index (χ3n) is 2.71. The van der Waals surface area contributed by atoms with Crippen LogP contribution in [0.3, 0.4) is 0 Å². The molecule has 1 unspecified atom stereocenters. The van der Waals surface area contributed by atoms with Crippen molar-refractivity contribution in [1.29, 1.82) is 0 Å². The van der Waals surface area contributed by atoms with Gasteiger partial charge in [-0.05, 0) is 24.5 Å². The van der Waals surface area contributed by atoms with Crippen molar-refractivity contribution in [2.24, 2.45) is 0 Å². The standard InChI is InChI=1S/C12H14O3/c1-8-2-3-10-9(6-8)7-15-11(10)4-5-12(13)14/h2-3,6,11H,4-5,7H2,1H3,(H,13,14). The first-order valence-corrected chi connectivity index (χ1v) is 5.09. The molecule has 1 aliphatic rings. The van der Waals surface area contributed by atoms with Crippen molar-refractivity contribution in [2.45, 2.75) is 32.5 Å². The summed E-state index contributed by atoms with van der Waals surface area (Å²) in [5.74, 6) is -0.765. The molecule has 0 saturated carbocycles. The number of carboxylic acids is 1. The van der Waals surface area contributed by atoms with Crippen molar-refractivity contribution in [2.75, 3.05) is 0 Å². The van der Waals surface area contributed by atoms with E-state index < -0.39 is 5.97 Å². The zero-order valence-electron chi connectivity index (χ0n) is 8.69. The molecule has 1 aromatic rings. The highest BCUT2D eigenvalue weighted by Gasteiger charge is 2.23. The van der Waals surface area contributed by atoms with Gasteiger partial charge in [-0.15, -0.1) is 0 Å². The molecule has 0 saturated heterocycles. The minimum absolute atomic E-state index is 0.0308. The van der Waals surface area contributed by atoms with E-state index >= 15 is 0 Å². The van der Waals surface area contributed by atoms with Gasteiger partial charge in [-0.3, -0.25) is 4.79 Å². The van der Waals surface area contributed by atoms with Crippen molar-refractivity contribution in [1.82, 2.24) is 0 Å². The van der Waals surface area contributed by atoms with Crippen molar-refractivity contribution in [3.8, 4) is 0 Å². The minimum Gasteiger partial charge on any atom is -0.481 e. The van der Waals surface area contributed by atoms with Crippen LogP contribution in [0.1, 0.15) is 35.6 Å². The Hall–Kier alpha value is -1.35. The first-order chi connectivity index (χ1) is 7.16. The largest absolute Gasteiger partial charge is 0.481 e. The summed E-state index contributed by atoms with van der Waals surface area (Å²) in [6, 6.07) is 6.20. The van der Waals surface area contributed by atoms with Crippen LogP contribution in [0.4, 0.5) is 0 Å². The lowest BCUT2D eigenvalue weighted by molar-refractivity contribution is -0.137. The third-order valence-corrected chi connectivity index (χ3v) is 2.71. The molecule has 1 aromatic carbocycles. The normalized spacial score (nSPS) is 18.9. The fourth-order valence-corrected chi connectivity index (χ4v) is 1.95. The van der Waals surface area contributed by atoms with Crippen LogP contribution >= 0.6 is 0 Å². The maximum atomic E-state index is 10.5. The molecule has 80 valence electrons. The number of carbonyl (C=O) groups is 1. The Bertz CT molecular complexity index is 384. The summed E-state index contributed by atoms with van der Waals surface area (Å²) in [4.78, 5) is 10.5. The van der Waals surface area contributed by atoms with Crippen LogP contribution in [0.25, 0.3) is 0 Å². The van der Waals surface area contributed by atoms with Crippen LogP contribution in [-0.2, 0) is 16.1 Å². The number of benzene rings is 1. The molecule has 15 heavy (non-hydrogen) atoms. The summed E-state index contributed by atoms with van der Waals surface area (Å²) in [5.41, 5.74) is 3.57. The summed E-state index contributed by atoms with van der Waals surface area (Å²) >= 11 is 0. The van der Waals surface area contributed by atoms with Gasteiger partial charge >= 0.3 is 5.97 Å². The molecule has 0 aliphatic carbocycles. The van der Waals surface area contributed by atoms with Gasteiger partial charge in [0.1, 0.15) is 0 Å². The Morgan fingerprint density at radius 2 is 2.40 bits per heavy atom. The van der Waals surface area contributed by atoms with Crippen molar-refractivity contribution >= 4 is 5.97 Å². The molecule has 3 nitrogen and oxygen atoms in total. The molecule has 1 atom stereocenters. The topological polar surface area (TPSA) is 46.5 Å². The van der Waals surface area contributed by atoms with Crippen LogP contribution < -0.4 is 0 Å². The Labute approximate surface area is 88.7 Å². The molecule has 1 aliphatic heterocycles. The monoisotopic (exact) mass is 206 g/mol. The third kappa shape index (κ3) is 2.18. The molecule has 0 aromatic heterocycles. The average Bonchev–Trinajstić information content (AvgIpc) is 2.57. The van der Waals surface area contributed by atoms with E-state index in [0.717, 1.165) is 5.56 Å². The number of hydrogen-bond acceptors (Lipinski definition) is 2. The lowest BCUT2D eigenvalue weighted by atomic mass is 10.0. The average molecular weight is 206 g/mol. The highest BCUT2D eigenvalue weighted by molar-refractivity contribution is 5.66. The number of aliphatic carboxylic acids is 1. The van der Waals surface area contributed by atoms with Gasteiger partial charge in [-0.2, -0.15) is 0 Å². The molecule has 0 amide bonds. The van der Waals surface area contributed by atoms with E-state index in [0.29, 0.717) is 13.0 Å². The molecular formula is C12H14O3. The smallest absolute Gasteiger partial charge is 0.303 e. The number of rotatable bonds is 3. The van der Waals surface area contributed by atoms with E-state index in [1.807, 2.05) is 19.1 Å². The Morgan fingerprint density at radius 1 is 1.60 bits per heavy atom. The van der Waals surface area contributed by atoms with Gasteiger partial charge in [0.15, 0.2) is 0 Å². The maximum Gasteiger partial charge on any atom is 0.303 e. The summed E-state index contributed by atoms with van der Waals surface area (Å²) in [6.45, 7) is 2.66. The van der Waals surface area contributed by atoms with Crippen LogP contribution in [0.5, 0.6) is 0 Å². The fraction of sp³-hybridized carbons (Fsp3) is 0.417. The molecule has 0 radical (unpaired) electrons. The van der Waals surface area contributed by atoms with Crippen molar-refractivity contribution in [3.05, 3.63) is 34.9 Å². The molecule has 1 N–H and O–H groups in total. The fourth-order valence-electron chi connectivity index (χ4n) is 1.95. The Kier molecular flexibility index (Phi) is 2.73. The number of carboxylic acid groups (broad SMARTS) is 1. The molecule has 0 spiro atoms. The van der Waals surface area contributed by atoms with Gasteiger partial charge in [0.05, 0.1) is 12.7 Å². The van der Waals surface area contributed by atoms with Crippen LogP contribution in [0.15, 0.2) is 18.2 Å².